The molecule has 2 N–H and O–H groups in total. The second kappa shape index (κ2) is 5.94. The highest BCUT2D eigenvalue weighted by Gasteiger charge is 2.42. The third kappa shape index (κ3) is 3.55. The molecule has 2 aliphatic carbocycles. The van der Waals surface area contributed by atoms with Crippen molar-refractivity contribution in [2.45, 2.75) is 38.6 Å². The number of carbonyl (C=O) groups excluding carboxylic acids is 1. The van der Waals surface area contributed by atoms with Crippen LogP contribution in [0.3, 0.4) is 0 Å². The van der Waals surface area contributed by atoms with Gasteiger partial charge in [0.2, 0.25) is 5.91 Å². The maximum atomic E-state index is 12.1. The van der Waals surface area contributed by atoms with E-state index in [9.17, 15) is 14.9 Å². The molecule has 0 bridgehead atoms. The lowest BCUT2D eigenvalue weighted by atomic mass is 10.1. The van der Waals surface area contributed by atoms with Crippen LogP contribution >= 0.6 is 0 Å². The fourth-order valence-corrected chi connectivity index (χ4v) is 2.86. The summed E-state index contributed by atoms with van der Waals surface area (Å²) in [5, 5.41) is 17.0. The van der Waals surface area contributed by atoms with Crippen LogP contribution in [0.15, 0.2) is 18.2 Å². The number of aryl methyl sites for hydroxylation is 1. The highest BCUT2D eigenvalue weighted by molar-refractivity contribution is 5.81. The third-order valence-corrected chi connectivity index (χ3v) is 4.46. The molecule has 0 spiro atoms. The number of nitrogens with one attached hydrogen (secondary N) is 2. The van der Waals surface area contributed by atoms with Crippen molar-refractivity contribution in [1.29, 1.82) is 0 Å². The van der Waals surface area contributed by atoms with Gasteiger partial charge in [-0.15, -0.1) is 0 Å². The van der Waals surface area contributed by atoms with Crippen molar-refractivity contribution >= 4 is 17.3 Å². The minimum Gasteiger partial charge on any atom is -0.376 e. The van der Waals surface area contributed by atoms with Gasteiger partial charge in [0.25, 0.3) is 5.69 Å². The van der Waals surface area contributed by atoms with Crippen molar-refractivity contribution in [2.75, 3.05) is 11.9 Å². The number of carbonyl (C=O) groups is 1. The van der Waals surface area contributed by atoms with Crippen LogP contribution in [0.4, 0.5) is 11.4 Å². The lowest BCUT2D eigenvalue weighted by molar-refractivity contribution is -0.384. The first kappa shape index (κ1) is 14.8. The van der Waals surface area contributed by atoms with Crippen LogP contribution in [-0.2, 0) is 4.79 Å². The Morgan fingerprint density at radius 1 is 1.32 bits per heavy atom. The summed E-state index contributed by atoms with van der Waals surface area (Å²) in [4.78, 5) is 22.5. The Balaban J connectivity index is 1.56. The molecule has 0 aliphatic heterocycles. The molecule has 0 atom stereocenters. The molecule has 22 heavy (non-hydrogen) atoms. The van der Waals surface area contributed by atoms with Crippen molar-refractivity contribution < 1.29 is 9.72 Å². The number of hydrogen-bond donors (Lipinski definition) is 2. The molecule has 2 fully saturated rings. The molecule has 1 amide bonds. The van der Waals surface area contributed by atoms with Crippen LogP contribution in [0.25, 0.3) is 0 Å². The zero-order valence-corrected chi connectivity index (χ0v) is 12.7. The van der Waals surface area contributed by atoms with Crippen LogP contribution in [-0.4, -0.2) is 23.4 Å². The summed E-state index contributed by atoms with van der Waals surface area (Å²) in [6.45, 7) is 2.01. The molecule has 6 heteroatoms. The molecule has 6 nitrogen and oxygen atoms in total. The van der Waals surface area contributed by atoms with Crippen LogP contribution in [0.1, 0.15) is 31.2 Å². The van der Waals surface area contributed by atoms with Crippen molar-refractivity contribution in [1.82, 2.24) is 5.32 Å². The normalized spacial score (nSPS) is 17.4. The number of rotatable bonds is 7. The van der Waals surface area contributed by atoms with E-state index in [1.807, 2.05) is 6.92 Å². The second-order valence-corrected chi connectivity index (χ2v) is 6.38. The van der Waals surface area contributed by atoms with Gasteiger partial charge < -0.3 is 10.6 Å². The molecule has 0 heterocycles. The van der Waals surface area contributed by atoms with Gasteiger partial charge >= 0.3 is 0 Å². The van der Waals surface area contributed by atoms with Gasteiger partial charge in [-0.25, -0.2) is 0 Å². The fraction of sp³-hybridized carbons (Fsp3) is 0.562. The van der Waals surface area contributed by atoms with Crippen molar-refractivity contribution in [3.05, 3.63) is 33.9 Å². The summed E-state index contributed by atoms with van der Waals surface area (Å²) in [5.74, 6) is 1.29. The van der Waals surface area contributed by atoms with E-state index in [0.29, 0.717) is 23.6 Å². The summed E-state index contributed by atoms with van der Waals surface area (Å²) < 4.78 is 0. The average Bonchev–Trinajstić information content (AvgIpc) is 3.37. The first-order valence-electron chi connectivity index (χ1n) is 7.83. The molecular formula is C16H21N3O3. The number of non-ortho nitro benzene ring substituents is 1. The molecule has 1 aromatic carbocycles. The number of hydrogen-bond acceptors (Lipinski definition) is 4. The predicted octanol–water partition coefficient (Wildman–Crippen LogP) is 2.62. The molecule has 3 rings (SSSR count). The van der Waals surface area contributed by atoms with Gasteiger partial charge in [0.1, 0.15) is 0 Å². The number of benzene rings is 1. The number of nitro groups is 1. The largest absolute Gasteiger partial charge is 0.376 e. The van der Waals surface area contributed by atoms with Gasteiger partial charge in [-0.05, 0) is 50.0 Å². The second-order valence-electron chi connectivity index (χ2n) is 6.38. The topological polar surface area (TPSA) is 84.3 Å². The quantitative estimate of drug-likeness (QED) is 0.599. The maximum absolute atomic E-state index is 12.1. The monoisotopic (exact) mass is 303 g/mol. The van der Waals surface area contributed by atoms with E-state index in [0.717, 1.165) is 5.56 Å². The van der Waals surface area contributed by atoms with E-state index in [-0.39, 0.29) is 18.1 Å². The van der Waals surface area contributed by atoms with Gasteiger partial charge in [0.05, 0.1) is 11.5 Å². The minimum absolute atomic E-state index is 0.0299. The van der Waals surface area contributed by atoms with E-state index < -0.39 is 4.92 Å². The predicted molar refractivity (Wildman–Crippen MR) is 83.7 cm³/mol. The molecular weight excluding hydrogens is 282 g/mol. The summed E-state index contributed by atoms with van der Waals surface area (Å²) in [7, 11) is 0. The van der Waals surface area contributed by atoms with E-state index in [4.69, 9.17) is 0 Å². The van der Waals surface area contributed by atoms with Crippen LogP contribution in [0.2, 0.25) is 0 Å². The van der Waals surface area contributed by atoms with Crippen molar-refractivity contribution in [3.8, 4) is 0 Å². The van der Waals surface area contributed by atoms with E-state index in [2.05, 4.69) is 10.6 Å². The lowest BCUT2D eigenvalue weighted by Gasteiger charge is -2.18. The third-order valence-electron chi connectivity index (χ3n) is 4.46. The Labute approximate surface area is 129 Å². The summed E-state index contributed by atoms with van der Waals surface area (Å²) >= 11 is 0. The standard InChI is InChI=1S/C16H21N3O3/c1-10-2-7-13(19(21)22)8-14(10)17-9-15(20)18-16(11-3-4-11)12-5-6-12/h2,7-8,11-12,16-17H,3-6,9H2,1H3,(H,18,20). The SMILES string of the molecule is Cc1ccc([N+](=O)[O-])cc1NCC(=O)NC(C1CC1)C1CC1. The van der Waals surface area contributed by atoms with Gasteiger partial charge in [0, 0.05) is 23.9 Å². The first-order valence-corrected chi connectivity index (χ1v) is 7.83. The number of nitro benzene ring substituents is 1. The zero-order chi connectivity index (χ0) is 15.7. The fourth-order valence-electron chi connectivity index (χ4n) is 2.86. The summed E-state index contributed by atoms with van der Waals surface area (Å²) in [6, 6.07) is 4.97. The number of anilines is 1. The summed E-state index contributed by atoms with van der Waals surface area (Å²) in [6.07, 6.45) is 4.88. The van der Waals surface area contributed by atoms with E-state index in [1.54, 1.807) is 6.07 Å². The Bertz CT molecular complexity index is 582. The maximum Gasteiger partial charge on any atom is 0.271 e. The molecule has 118 valence electrons. The highest BCUT2D eigenvalue weighted by Crippen LogP contribution is 2.44. The Morgan fingerprint density at radius 2 is 1.95 bits per heavy atom. The molecule has 2 aliphatic rings. The number of nitrogens with zero attached hydrogens (tertiary/aromatic N) is 1. The average molecular weight is 303 g/mol. The van der Waals surface area contributed by atoms with E-state index in [1.165, 1.54) is 37.8 Å². The van der Waals surface area contributed by atoms with E-state index >= 15 is 0 Å². The highest BCUT2D eigenvalue weighted by atomic mass is 16.6. The Morgan fingerprint density at radius 3 is 2.50 bits per heavy atom. The van der Waals surface area contributed by atoms with Crippen LogP contribution < -0.4 is 10.6 Å². The van der Waals surface area contributed by atoms with Crippen LogP contribution in [0.5, 0.6) is 0 Å². The minimum atomic E-state index is -0.430. The van der Waals surface area contributed by atoms with Gasteiger partial charge in [-0.2, -0.15) is 0 Å². The Hall–Kier alpha value is -2.11. The molecule has 0 radical (unpaired) electrons. The molecule has 2 saturated carbocycles. The number of amides is 1. The first-order chi connectivity index (χ1) is 10.5. The Kier molecular flexibility index (Phi) is 4.00. The molecule has 0 aromatic heterocycles. The van der Waals surface area contributed by atoms with Crippen molar-refractivity contribution in [3.63, 3.8) is 0 Å². The van der Waals surface area contributed by atoms with Gasteiger partial charge in [-0.3, -0.25) is 14.9 Å². The van der Waals surface area contributed by atoms with Gasteiger partial charge in [-0.1, -0.05) is 6.07 Å². The molecule has 0 unspecified atom stereocenters. The zero-order valence-electron chi connectivity index (χ0n) is 12.7. The smallest absolute Gasteiger partial charge is 0.271 e. The molecule has 0 saturated heterocycles. The van der Waals surface area contributed by atoms with Gasteiger partial charge in [0.15, 0.2) is 0 Å². The summed E-state index contributed by atoms with van der Waals surface area (Å²) in [5.41, 5.74) is 1.56. The molecule has 1 aromatic rings. The van der Waals surface area contributed by atoms with Crippen LogP contribution in [0, 0.1) is 28.9 Å². The lowest BCUT2D eigenvalue weighted by Crippen LogP contribution is -2.41. The van der Waals surface area contributed by atoms with Crippen molar-refractivity contribution in [2.24, 2.45) is 11.8 Å².